The fraction of sp³-hybridized carbons (Fsp3) is 0.188. The standard InChI is InChI=1S/C16H15Cl2N3O5S/c1-10-3-5-12(21(23)24)8-15(10)20(27(2,25)26)9-16(22)19-14-7-11(17)4-6-13(14)18/h3-8H,9H2,1-2H3,(H,19,22). The maximum absolute atomic E-state index is 12.4. The average molecular weight is 432 g/mol. The molecular weight excluding hydrogens is 417 g/mol. The summed E-state index contributed by atoms with van der Waals surface area (Å²) in [6, 6.07) is 8.22. The van der Waals surface area contributed by atoms with Crippen LogP contribution in [0.4, 0.5) is 17.1 Å². The van der Waals surface area contributed by atoms with Crippen LogP contribution in [-0.2, 0) is 14.8 Å². The summed E-state index contributed by atoms with van der Waals surface area (Å²) in [4.78, 5) is 22.7. The molecule has 0 saturated carbocycles. The lowest BCUT2D eigenvalue weighted by Crippen LogP contribution is -2.38. The average Bonchev–Trinajstić information content (AvgIpc) is 2.55. The van der Waals surface area contributed by atoms with Crippen LogP contribution < -0.4 is 9.62 Å². The highest BCUT2D eigenvalue weighted by Crippen LogP contribution is 2.28. The van der Waals surface area contributed by atoms with Crippen molar-refractivity contribution in [3.8, 4) is 0 Å². The largest absolute Gasteiger partial charge is 0.323 e. The third kappa shape index (κ3) is 5.31. The Labute approximate surface area is 165 Å². The fourth-order valence-electron chi connectivity index (χ4n) is 2.27. The summed E-state index contributed by atoms with van der Waals surface area (Å²) in [6.07, 6.45) is 0.908. The normalized spacial score (nSPS) is 11.1. The van der Waals surface area contributed by atoms with Gasteiger partial charge in [0.1, 0.15) is 6.54 Å². The number of non-ortho nitro benzene ring substituents is 1. The number of nitro groups is 1. The molecule has 0 unspecified atom stereocenters. The lowest BCUT2D eigenvalue weighted by molar-refractivity contribution is -0.384. The van der Waals surface area contributed by atoms with E-state index in [-0.39, 0.29) is 22.1 Å². The van der Waals surface area contributed by atoms with Gasteiger partial charge in [-0.2, -0.15) is 0 Å². The van der Waals surface area contributed by atoms with Crippen LogP contribution in [0.2, 0.25) is 10.0 Å². The van der Waals surface area contributed by atoms with E-state index >= 15 is 0 Å². The van der Waals surface area contributed by atoms with Gasteiger partial charge >= 0.3 is 0 Å². The number of amides is 1. The predicted octanol–water partition coefficient (Wildman–Crippen LogP) is 3.61. The second-order valence-electron chi connectivity index (χ2n) is 5.67. The summed E-state index contributed by atoms with van der Waals surface area (Å²) in [5, 5.41) is 14.0. The number of aryl methyl sites for hydroxylation is 1. The van der Waals surface area contributed by atoms with Crippen LogP contribution in [0.5, 0.6) is 0 Å². The van der Waals surface area contributed by atoms with Crippen molar-refractivity contribution in [1.82, 2.24) is 0 Å². The number of nitro benzene ring substituents is 1. The number of carbonyl (C=O) groups excluding carboxylic acids is 1. The fourth-order valence-corrected chi connectivity index (χ4v) is 3.52. The van der Waals surface area contributed by atoms with Crippen LogP contribution in [0.3, 0.4) is 0 Å². The van der Waals surface area contributed by atoms with Crippen LogP contribution in [0.25, 0.3) is 0 Å². The Bertz CT molecular complexity index is 1010. The van der Waals surface area contributed by atoms with Crippen molar-refractivity contribution in [3.05, 3.63) is 62.1 Å². The van der Waals surface area contributed by atoms with Crippen LogP contribution in [0.1, 0.15) is 5.56 Å². The van der Waals surface area contributed by atoms with E-state index in [0.29, 0.717) is 10.6 Å². The first-order valence-electron chi connectivity index (χ1n) is 7.46. The van der Waals surface area contributed by atoms with Gasteiger partial charge in [-0.1, -0.05) is 29.3 Å². The number of hydrogen-bond donors (Lipinski definition) is 1. The van der Waals surface area contributed by atoms with Gasteiger partial charge < -0.3 is 5.32 Å². The zero-order chi connectivity index (χ0) is 20.4. The van der Waals surface area contributed by atoms with Crippen molar-refractivity contribution < 1.29 is 18.1 Å². The molecule has 1 amide bonds. The Kier molecular flexibility index (Phi) is 6.30. The van der Waals surface area contributed by atoms with Crippen molar-refractivity contribution in [2.45, 2.75) is 6.92 Å². The molecule has 1 N–H and O–H groups in total. The van der Waals surface area contributed by atoms with Crippen LogP contribution in [-0.4, -0.2) is 32.0 Å². The molecule has 27 heavy (non-hydrogen) atoms. The number of anilines is 2. The first-order valence-corrected chi connectivity index (χ1v) is 10.1. The summed E-state index contributed by atoms with van der Waals surface area (Å²) in [7, 11) is -3.90. The summed E-state index contributed by atoms with van der Waals surface area (Å²) < 4.78 is 25.2. The van der Waals surface area contributed by atoms with Gasteiger partial charge in [0, 0.05) is 17.2 Å². The molecule has 0 aliphatic heterocycles. The summed E-state index contributed by atoms with van der Waals surface area (Å²) >= 11 is 11.8. The lowest BCUT2D eigenvalue weighted by atomic mass is 10.2. The number of halogens is 2. The van der Waals surface area contributed by atoms with Crippen molar-refractivity contribution in [2.24, 2.45) is 0 Å². The number of nitrogens with zero attached hydrogens (tertiary/aromatic N) is 2. The van der Waals surface area contributed by atoms with Gasteiger partial charge in [-0.3, -0.25) is 19.2 Å². The zero-order valence-electron chi connectivity index (χ0n) is 14.3. The molecule has 0 aromatic heterocycles. The minimum atomic E-state index is -3.90. The van der Waals surface area contributed by atoms with Gasteiger partial charge in [0.2, 0.25) is 15.9 Å². The number of sulfonamides is 1. The predicted molar refractivity (Wildman–Crippen MR) is 105 cm³/mol. The Morgan fingerprint density at radius 1 is 1.22 bits per heavy atom. The minimum absolute atomic E-state index is 0.0408. The molecule has 11 heteroatoms. The molecule has 0 bridgehead atoms. The number of carbonyl (C=O) groups is 1. The Hall–Kier alpha value is -2.36. The van der Waals surface area contributed by atoms with E-state index in [0.717, 1.165) is 16.6 Å². The lowest BCUT2D eigenvalue weighted by Gasteiger charge is -2.23. The third-order valence-corrected chi connectivity index (χ3v) is 5.25. The van der Waals surface area contributed by atoms with E-state index in [2.05, 4.69) is 5.32 Å². The van der Waals surface area contributed by atoms with Gasteiger partial charge in [0.15, 0.2) is 0 Å². The molecule has 0 aliphatic rings. The van der Waals surface area contributed by atoms with Crippen LogP contribution in [0, 0.1) is 17.0 Å². The highest BCUT2D eigenvalue weighted by atomic mass is 35.5. The number of benzene rings is 2. The Morgan fingerprint density at radius 2 is 1.89 bits per heavy atom. The Balaban J connectivity index is 2.36. The van der Waals surface area contributed by atoms with E-state index in [1.165, 1.54) is 30.3 Å². The molecule has 0 fully saturated rings. The van der Waals surface area contributed by atoms with E-state index in [1.54, 1.807) is 6.92 Å². The molecule has 0 aliphatic carbocycles. The molecule has 2 rings (SSSR count). The molecule has 2 aromatic carbocycles. The van der Waals surface area contributed by atoms with Gasteiger partial charge in [-0.25, -0.2) is 8.42 Å². The Morgan fingerprint density at radius 3 is 2.48 bits per heavy atom. The quantitative estimate of drug-likeness (QED) is 0.554. The highest BCUT2D eigenvalue weighted by Gasteiger charge is 2.24. The van der Waals surface area contributed by atoms with Crippen LogP contribution in [0.15, 0.2) is 36.4 Å². The number of rotatable bonds is 6. The third-order valence-electron chi connectivity index (χ3n) is 3.56. The van der Waals surface area contributed by atoms with E-state index in [1.807, 2.05) is 0 Å². The number of hydrogen-bond acceptors (Lipinski definition) is 5. The van der Waals surface area contributed by atoms with Gasteiger partial charge in [0.05, 0.1) is 27.6 Å². The highest BCUT2D eigenvalue weighted by molar-refractivity contribution is 7.92. The zero-order valence-corrected chi connectivity index (χ0v) is 16.6. The van der Waals surface area contributed by atoms with Crippen molar-refractivity contribution >= 4 is 56.2 Å². The second kappa shape index (κ2) is 8.12. The van der Waals surface area contributed by atoms with Crippen molar-refractivity contribution in [2.75, 3.05) is 22.4 Å². The number of nitrogens with one attached hydrogen (secondary N) is 1. The van der Waals surface area contributed by atoms with Gasteiger partial charge in [-0.05, 0) is 30.7 Å². The van der Waals surface area contributed by atoms with Gasteiger partial charge in [-0.15, -0.1) is 0 Å². The SMILES string of the molecule is Cc1ccc([N+](=O)[O-])cc1N(CC(=O)Nc1cc(Cl)ccc1Cl)S(C)(=O)=O. The summed E-state index contributed by atoms with van der Waals surface area (Å²) in [5.74, 6) is -0.685. The van der Waals surface area contributed by atoms with E-state index < -0.39 is 27.4 Å². The minimum Gasteiger partial charge on any atom is -0.323 e. The van der Waals surface area contributed by atoms with Crippen molar-refractivity contribution in [1.29, 1.82) is 0 Å². The molecule has 0 saturated heterocycles. The molecule has 0 heterocycles. The summed E-state index contributed by atoms with van der Waals surface area (Å²) in [5.41, 5.74) is 0.430. The second-order valence-corrected chi connectivity index (χ2v) is 8.42. The van der Waals surface area contributed by atoms with Gasteiger partial charge in [0.25, 0.3) is 5.69 Å². The molecule has 2 aromatic rings. The van der Waals surface area contributed by atoms with E-state index in [9.17, 15) is 23.3 Å². The molecule has 8 nitrogen and oxygen atoms in total. The smallest absolute Gasteiger partial charge is 0.271 e. The maximum Gasteiger partial charge on any atom is 0.271 e. The van der Waals surface area contributed by atoms with Crippen molar-refractivity contribution in [3.63, 3.8) is 0 Å². The first kappa shape index (κ1) is 20.9. The summed E-state index contributed by atoms with van der Waals surface area (Å²) in [6.45, 7) is 0.993. The molecule has 144 valence electrons. The first-order chi connectivity index (χ1) is 12.5. The topological polar surface area (TPSA) is 110 Å². The molecule has 0 atom stereocenters. The van der Waals surface area contributed by atoms with Crippen LogP contribution >= 0.6 is 23.2 Å². The molecule has 0 radical (unpaired) electrons. The monoisotopic (exact) mass is 431 g/mol. The maximum atomic E-state index is 12.4. The molecular formula is C16H15Cl2N3O5S. The van der Waals surface area contributed by atoms with E-state index in [4.69, 9.17) is 23.2 Å². The molecule has 0 spiro atoms.